The van der Waals surface area contributed by atoms with Crippen molar-refractivity contribution in [3.63, 3.8) is 0 Å². The van der Waals surface area contributed by atoms with Gasteiger partial charge in [0.25, 0.3) is 11.6 Å². The van der Waals surface area contributed by atoms with Gasteiger partial charge in [-0.05, 0) is 37.3 Å². The Bertz CT molecular complexity index is 1230. The summed E-state index contributed by atoms with van der Waals surface area (Å²) in [7, 11) is 1.29. The molecular weight excluding hydrogens is 398 g/mol. The first-order valence-electron chi connectivity index (χ1n) is 9.48. The molecule has 0 bridgehead atoms. The number of amides is 1. The Kier molecular flexibility index (Phi) is 5.61. The van der Waals surface area contributed by atoms with Gasteiger partial charge in [0.05, 0.1) is 29.4 Å². The molecule has 2 aromatic heterocycles. The zero-order valence-corrected chi connectivity index (χ0v) is 16.9. The molecule has 0 aliphatic rings. The molecule has 0 saturated carbocycles. The fourth-order valence-corrected chi connectivity index (χ4v) is 3.06. The van der Waals surface area contributed by atoms with E-state index in [-0.39, 0.29) is 12.5 Å². The topological polar surface area (TPSA) is 104 Å². The molecule has 8 heteroatoms. The number of aryl methyl sites for hydroxylation is 1. The number of hydrogen-bond donors (Lipinski definition) is 1. The monoisotopic (exact) mass is 417 g/mol. The highest BCUT2D eigenvalue weighted by molar-refractivity contribution is 6.13. The number of methoxy groups -OCH3 is 1. The Hall–Kier alpha value is -4.20. The van der Waals surface area contributed by atoms with Gasteiger partial charge in [-0.1, -0.05) is 35.5 Å². The highest BCUT2D eigenvalue weighted by Crippen LogP contribution is 2.28. The van der Waals surface area contributed by atoms with Gasteiger partial charge in [0.15, 0.2) is 6.61 Å². The molecule has 0 spiro atoms. The van der Waals surface area contributed by atoms with Crippen LogP contribution < -0.4 is 10.1 Å². The van der Waals surface area contributed by atoms with E-state index in [1.807, 2.05) is 30.3 Å². The maximum absolute atomic E-state index is 13.1. The van der Waals surface area contributed by atoms with Gasteiger partial charge in [-0.2, -0.15) is 0 Å². The van der Waals surface area contributed by atoms with Crippen molar-refractivity contribution in [1.29, 1.82) is 0 Å². The average molecular weight is 417 g/mol. The standard InChI is InChI=1S/C23H19N3O5/c1-14-21-18(12-19(25-23(21)31-26-14)15-6-4-3-5-7-15)22(28)24-16-8-10-17(11-9-16)30-13-20(27)29-2/h3-12H,13H2,1-2H3,(H,24,28). The van der Waals surface area contributed by atoms with Crippen LogP contribution in [0.1, 0.15) is 16.1 Å². The zero-order valence-electron chi connectivity index (χ0n) is 16.9. The summed E-state index contributed by atoms with van der Waals surface area (Å²) in [5, 5.41) is 7.39. The minimum absolute atomic E-state index is 0.188. The lowest BCUT2D eigenvalue weighted by atomic mass is 10.0. The SMILES string of the molecule is COC(=O)COc1ccc(NC(=O)c2cc(-c3ccccc3)nc3onc(C)c23)cc1. The molecule has 156 valence electrons. The number of nitrogens with one attached hydrogen (secondary N) is 1. The van der Waals surface area contributed by atoms with Crippen LogP contribution in [0, 0.1) is 6.92 Å². The molecule has 0 aliphatic heterocycles. The van der Waals surface area contributed by atoms with Crippen molar-refractivity contribution in [3.05, 3.63) is 71.9 Å². The van der Waals surface area contributed by atoms with E-state index in [9.17, 15) is 9.59 Å². The fraction of sp³-hybridized carbons (Fsp3) is 0.130. The molecular formula is C23H19N3O5. The number of aromatic nitrogens is 2. The van der Waals surface area contributed by atoms with E-state index in [4.69, 9.17) is 9.26 Å². The molecule has 2 heterocycles. The number of fused-ring (bicyclic) bond motifs is 1. The third kappa shape index (κ3) is 4.37. The largest absolute Gasteiger partial charge is 0.482 e. The number of anilines is 1. The van der Waals surface area contributed by atoms with Crippen LogP contribution in [-0.4, -0.2) is 35.7 Å². The molecule has 0 atom stereocenters. The van der Waals surface area contributed by atoms with Crippen LogP contribution in [0.15, 0.2) is 65.2 Å². The van der Waals surface area contributed by atoms with Crippen LogP contribution in [-0.2, 0) is 9.53 Å². The number of benzene rings is 2. The lowest BCUT2D eigenvalue weighted by Crippen LogP contribution is -2.14. The Labute approximate surface area is 177 Å². The lowest BCUT2D eigenvalue weighted by molar-refractivity contribution is -0.142. The van der Waals surface area contributed by atoms with Crippen molar-refractivity contribution >= 4 is 28.7 Å². The first-order valence-corrected chi connectivity index (χ1v) is 9.48. The number of ether oxygens (including phenoxy) is 2. The lowest BCUT2D eigenvalue weighted by Gasteiger charge is -2.09. The van der Waals surface area contributed by atoms with E-state index in [2.05, 4.69) is 20.2 Å². The molecule has 4 rings (SSSR count). The van der Waals surface area contributed by atoms with Crippen LogP contribution in [0.25, 0.3) is 22.4 Å². The summed E-state index contributed by atoms with van der Waals surface area (Å²) < 4.78 is 15.2. The summed E-state index contributed by atoms with van der Waals surface area (Å²) in [6, 6.07) is 17.9. The second kappa shape index (κ2) is 8.66. The second-order valence-corrected chi connectivity index (χ2v) is 6.71. The van der Waals surface area contributed by atoms with E-state index >= 15 is 0 Å². The molecule has 1 amide bonds. The van der Waals surface area contributed by atoms with Gasteiger partial charge in [0.2, 0.25) is 0 Å². The van der Waals surface area contributed by atoms with Gasteiger partial charge in [-0.3, -0.25) is 4.79 Å². The van der Waals surface area contributed by atoms with Gasteiger partial charge in [-0.15, -0.1) is 0 Å². The van der Waals surface area contributed by atoms with Gasteiger partial charge < -0.3 is 19.3 Å². The molecule has 0 saturated heterocycles. The first kappa shape index (κ1) is 20.1. The number of nitrogens with zero attached hydrogens (tertiary/aromatic N) is 2. The minimum atomic E-state index is -0.475. The maximum Gasteiger partial charge on any atom is 0.343 e. The Balaban J connectivity index is 1.60. The molecule has 0 aliphatic carbocycles. The van der Waals surface area contributed by atoms with Gasteiger partial charge in [0.1, 0.15) is 5.75 Å². The molecule has 31 heavy (non-hydrogen) atoms. The van der Waals surface area contributed by atoms with E-state index < -0.39 is 5.97 Å². The van der Waals surface area contributed by atoms with E-state index in [0.29, 0.717) is 39.5 Å². The summed E-state index contributed by atoms with van der Waals surface area (Å²) in [5.74, 6) is -0.313. The molecule has 2 aromatic carbocycles. The second-order valence-electron chi connectivity index (χ2n) is 6.71. The first-order chi connectivity index (χ1) is 15.0. The Morgan fingerprint density at radius 1 is 1.06 bits per heavy atom. The average Bonchev–Trinajstić information content (AvgIpc) is 3.19. The Morgan fingerprint density at radius 3 is 2.52 bits per heavy atom. The smallest absolute Gasteiger partial charge is 0.343 e. The van der Waals surface area contributed by atoms with Crippen molar-refractivity contribution in [1.82, 2.24) is 10.1 Å². The van der Waals surface area contributed by atoms with E-state index in [1.54, 1.807) is 37.3 Å². The minimum Gasteiger partial charge on any atom is -0.482 e. The van der Waals surface area contributed by atoms with Crippen molar-refractivity contribution in [2.75, 3.05) is 19.0 Å². The van der Waals surface area contributed by atoms with Crippen molar-refractivity contribution in [3.8, 4) is 17.0 Å². The van der Waals surface area contributed by atoms with Crippen molar-refractivity contribution in [2.24, 2.45) is 0 Å². The summed E-state index contributed by atoms with van der Waals surface area (Å²) in [4.78, 5) is 28.8. The fourth-order valence-electron chi connectivity index (χ4n) is 3.06. The molecule has 0 radical (unpaired) electrons. The van der Waals surface area contributed by atoms with Crippen molar-refractivity contribution < 1.29 is 23.6 Å². The van der Waals surface area contributed by atoms with Gasteiger partial charge >= 0.3 is 5.97 Å². The van der Waals surface area contributed by atoms with Crippen LogP contribution in [0.3, 0.4) is 0 Å². The molecule has 0 fully saturated rings. The third-order valence-corrected chi connectivity index (χ3v) is 4.63. The zero-order chi connectivity index (χ0) is 21.8. The predicted octanol–water partition coefficient (Wildman–Crippen LogP) is 4.00. The summed E-state index contributed by atoms with van der Waals surface area (Å²) >= 11 is 0. The summed E-state index contributed by atoms with van der Waals surface area (Å²) in [6.45, 7) is 1.58. The number of carbonyl (C=O) groups is 2. The van der Waals surface area contributed by atoms with E-state index in [1.165, 1.54) is 7.11 Å². The molecule has 4 aromatic rings. The van der Waals surface area contributed by atoms with Gasteiger partial charge in [-0.25, -0.2) is 9.78 Å². The third-order valence-electron chi connectivity index (χ3n) is 4.63. The number of pyridine rings is 1. The van der Waals surface area contributed by atoms with Crippen LogP contribution >= 0.6 is 0 Å². The number of rotatable bonds is 6. The molecule has 1 N–H and O–H groups in total. The summed E-state index contributed by atoms with van der Waals surface area (Å²) in [6.07, 6.45) is 0. The predicted molar refractivity (Wildman–Crippen MR) is 114 cm³/mol. The van der Waals surface area contributed by atoms with Crippen LogP contribution in [0.5, 0.6) is 5.75 Å². The number of hydrogen-bond acceptors (Lipinski definition) is 7. The quantitative estimate of drug-likeness (QED) is 0.473. The highest BCUT2D eigenvalue weighted by Gasteiger charge is 2.19. The molecule has 0 unspecified atom stereocenters. The molecule has 8 nitrogen and oxygen atoms in total. The normalized spacial score (nSPS) is 10.6. The van der Waals surface area contributed by atoms with Crippen LogP contribution in [0.2, 0.25) is 0 Å². The van der Waals surface area contributed by atoms with E-state index in [0.717, 1.165) is 5.56 Å². The maximum atomic E-state index is 13.1. The number of esters is 1. The highest BCUT2D eigenvalue weighted by atomic mass is 16.6. The van der Waals surface area contributed by atoms with Gasteiger partial charge in [0, 0.05) is 11.3 Å². The Morgan fingerprint density at radius 2 is 1.81 bits per heavy atom. The van der Waals surface area contributed by atoms with Crippen LogP contribution in [0.4, 0.5) is 5.69 Å². The van der Waals surface area contributed by atoms with Crippen molar-refractivity contribution in [2.45, 2.75) is 6.92 Å². The number of carbonyl (C=O) groups excluding carboxylic acids is 2. The summed E-state index contributed by atoms with van der Waals surface area (Å²) in [5.41, 5.74) is 3.33.